The molecule has 0 amide bonds. The number of phosphoric ester groups is 1. The molecule has 9 heteroatoms. The number of hydrogen-bond donors (Lipinski definition) is 1. The van der Waals surface area contributed by atoms with Gasteiger partial charge in [0.2, 0.25) is 0 Å². The monoisotopic (exact) mass is 701 g/mol. The highest BCUT2D eigenvalue weighted by Crippen LogP contribution is 2.43. The van der Waals surface area contributed by atoms with Crippen LogP contribution in [0.4, 0.5) is 0 Å². The summed E-state index contributed by atoms with van der Waals surface area (Å²) in [6.45, 7) is 5.48. The first-order valence-corrected chi connectivity index (χ1v) is 20.7. The largest absolute Gasteiger partial charge is 0.472 e. The normalized spacial score (nSPS) is 14.4. The van der Waals surface area contributed by atoms with Gasteiger partial charge in [0.1, 0.15) is 19.3 Å². The number of allylic oxidation sites excluding steroid dienone is 6. The van der Waals surface area contributed by atoms with E-state index in [2.05, 4.69) is 50.3 Å². The fourth-order valence-corrected chi connectivity index (χ4v) is 5.62. The lowest BCUT2D eigenvalue weighted by molar-refractivity contribution is -0.870. The highest BCUT2D eigenvalue weighted by atomic mass is 31.2. The summed E-state index contributed by atoms with van der Waals surface area (Å²) in [5.41, 5.74) is 0. The van der Waals surface area contributed by atoms with Gasteiger partial charge >= 0.3 is 13.8 Å². The molecule has 0 spiro atoms. The topological polar surface area (TPSA) is 91.3 Å². The van der Waals surface area contributed by atoms with Gasteiger partial charge in [-0.2, -0.15) is 0 Å². The lowest BCUT2D eigenvalue weighted by Crippen LogP contribution is -2.37. The number of unbranched alkanes of at least 4 members (excludes halogenated alkanes) is 15. The van der Waals surface area contributed by atoms with E-state index in [1.807, 2.05) is 21.1 Å². The van der Waals surface area contributed by atoms with E-state index < -0.39 is 13.9 Å². The molecule has 0 saturated carbocycles. The Balaban J connectivity index is 4.30. The second kappa shape index (κ2) is 32.9. The number of esters is 1. The van der Waals surface area contributed by atoms with Crippen molar-refractivity contribution in [2.75, 3.05) is 54.1 Å². The second-order valence-electron chi connectivity index (χ2n) is 13.9. The van der Waals surface area contributed by atoms with Crippen molar-refractivity contribution in [3.05, 3.63) is 36.5 Å². The molecule has 0 rings (SSSR count). The zero-order valence-electron chi connectivity index (χ0n) is 31.7. The highest BCUT2D eigenvalue weighted by molar-refractivity contribution is 7.47. The number of carbonyl (C=O) groups excluding carboxylic acids is 1. The molecule has 0 fully saturated rings. The molecule has 0 aromatic heterocycles. The molecule has 282 valence electrons. The summed E-state index contributed by atoms with van der Waals surface area (Å²) in [5.74, 6) is -0.331. The first-order valence-electron chi connectivity index (χ1n) is 19.2. The third-order valence-electron chi connectivity index (χ3n) is 7.90. The minimum atomic E-state index is -4.27. The van der Waals surface area contributed by atoms with Gasteiger partial charge in [-0.3, -0.25) is 13.8 Å². The van der Waals surface area contributed by atoms with Crippen LogP contribution in [0.5, 0.6) is 0 Å². The van der Waals surface area contributed by atoms with Gasteiger partial charge in [0.05, 0.1) is 34.4 Å². The van der Waals surface area contributed by atoms with Gasteiger partial charge in [-0.25, -0.2) is 4.57 Å². The van der Waals surface area contributed by atoms with E-state index in [1.54, 1.807) is 0 Å². The number of quaternary nitrogens is 1. The summed E-state index contributed by atoms with van der Waals surface area (Å²) < 4.78 is 34.8. The van der Waals surface area contributed by atoms with Crippen LogP contribution < -0.4 is 0 Å². The lowest BCUT2D eigenvalue weighted by Gasteiger charge is -2.24. The third kappa shape index (κ3) is 36.0. The van der Waals surface area contributed by atoms with E-state index in [-0.39, 0.29) is 25.8 Å². The maximum atomic E-state index is 12.6. The van der Waals surface area contributed by atoms with Crippen LogP contribution in [0.3, 0.4) is 0 Å². The Morgan fingerprint density at radius 3 is 1.79 bits per heavy atom. The van der Waals surface area contributed by atoms with E-state index in [0.29, 0.717) is 24.1 Å². The van der Waals surface area contributed by atoms with E-state index in [1.165, 1.54) is 64.2 Å². The van der Waals surface area contributed by atoms with Crippen LogP contribution in [0.1, 0.15) is 149 Å². The molecule has 2 atom stereocenters. The summed E-state index contributed by atoms with van der Waals surface area (Å²) in [6.07, 6.45) is 36.0. The van der Waals surface area contributed by atoms with Crippen molar-refractivity contribution in [1.29, 1.82) is 0 Å². The predicted molar refractivity (Wildman–Crippen MR) is 201 cm³/mol. The number of phosphoric acid groups is 1. The van der Waals surface area contributed by atoms with Crippen molar-refractivity contribution >= 4 is 13.8 Å². The van der Waals surface area contributed by atoms with Gasteiger partial charge in [0, 0.05) is 13.0 Å². The van der Waals surface area contributed by atoms with Crippen molar-refractivity contribution in [2.45, 2.75) is 155 Å². The Labute approximate surface area is 295 Å². The number of likely N-dealkylation sites (N-methyl/N-ethyl adjacent to an activating group) is 1. The van der Waals surface area contributed by atoms with E-state index in [9.17, 15) is 14.3 Å². The average Bonchev–Trinajstić information content (AvgIpc) is 3.03. The maximum absolute atomic E-state index is 12.6. The lowest BCUT2D eigenvalue weighted by atomic mass is 10.1. The van der Waals surface area contributed by atoms with Crippen LogP contribution >= 0.6 is 7.82 Å². The summed E-state index contributed by atoms with van der Waals surface area (Å²) in [7, 11) is 1.65. The fraction of sp³-hybridized carbons (Fsp3) is 0.821. The number of hydrogen-bond acceptors (Lipinski definition) is 6. The van der Waals surface area contributed by atoms with Gasteiger partial charge in [0.25, 0.3) is 0 Å². The average molecular weight is 701 g/mol. The molecule has 0 saturated heterocycles. The zero-order chi connectivity index (χ0) is 35.6. The van der Waals surface area contributed by atoms with E-state index in [0.717, 1.165) is 64.2 Å². The quantitative estimate of drug-likeness (QED) is 0.0231. The molecule has 0 aromatic carbocycles. The minimum Gasteiger partial charge on any atom is -0.457 e. The summed E-state index contributed by atoms with van der Waals surface area (Å²) in [6, 6.07) is 0. The van der Waals surface area contributed by atoms with Crippen molar-refractivity contribution < 1.29 is 37.3 Å². The van der Waals surface area contributed by atoms with Gasteiger partial charge in [-0.15, -0.1) is 0 Å². The smallest absolute Gasteiger partial charge is 0.457 e. The Bertz CT molecular complexity index is 869. The molecule has 48 heavy (non-hydrogen) atoms. The molecular formula is C39H75NO7P+. The van der Waals surface area contributed by atoms with Crippen LogP contribution in [0, 0.1) is 0 Å². The van der Waals surface area contributed by atoms with Crippen LogP contribution in [0.15, 0.2) is 36.5 Å². The fourth-order valence-electron chi connectivity index (χ4n) is 4.88. The van der Waals surface area contributed by atoms with Gasteiger partial charge < -0.3 is 18.9 Å². The SMILES string of the molecule is CCC/C=C\CCCCCCCC(=O)OC(COCCCCCCCC/C=C\C/C=C\CCCCC)COP(=O)(O)OCC[N+](C)(C)C. The summed E-state index contributed by atoms with van der Waals surface area (Å²) >= 11 is 0. The van der Waals surface area contributed by atoms with Crippen molar-refractivity contribution in [3.63, 3.8) is 0 Å². The van der Waals surface area contributed by atoms with Crippen LogP contribution in [-0.2, 0) is 27.9 Å². The first kappa shape index (κ1) is 46.7. The predicted octanol–water partition coefficient (Wildman–Crippen LogP) is 10.7. The Kier molecular flexibility index (Phi) is 32.0. The van der Waals surface area contributed by atoms with Crippen LogP contribution in [0.2, 0.25) is 0 Å². The van der Waals surface area contributed by atoms with E-state index >= 15 is 0 Å². The summed E-state index contributed by atoms with van der Waals surface area (Å²) in [5, 5.41) is 0. The Morgan fingerprint density at radius 2 is 1.19 bits per heavy atom. The van der Waals surface area contributed by atoms with Crippen molar-refractivity contribution in [3.8, 4) is 0 Å². The van der Waals surface area contributed by atoms with E-state index in [4.69, 9.17) is 18.5 Å². The van der Waals surface area contributed by atoms with Crippen molar-refractivity contribution in [2.24, 2.45) is 0 Å². The summed E-state index contributed by atoms with van der Waals surface area (Å²) in [4.78, 5) is 22.7. The third-order valence-corrected chi connectivity index (χ3v) is 8.89. The molecule has 0 aliphatic heterocycles. The molecule has 2 unspecified atom stereocenters. The number of ether oxygens (including phenoxy) is 2. The van der Waals surface area contributed by atoms with Crippen LogP contribution in [0.25, 0.3) is 0 Å². The molecule has 0 bridgehead atoms. The van der Waals surface area contributed by atoms with Gasteiger partial charge in [-0.05, 0) is 64.2 Å². The zero-order valence-corrected chi connectivity index (χ0v) is 32.6. The molecule has 0 aliphatic rings. The van der Waals surface area contributed by atoms with Gasteiger partial charge in [0.15, 0.2) is 0 Å². The van der Waals surface area contributed by atoms with Crippen LogP contribution in [-0.4, -0.2) is 75.6 Å². The van der Waals surface area contributed by atoms with Crippen molar-refractivity contribution in [1.82, 2.24) is 0 Å². The molecular weight excluding hydrogens is 625 g/mol. The molecule has 0 heterocycles. The molecule has 0 radical (unpaired) electrons. The molecule has 0 aliphatic carbocycles. The molecule has 1 N–H and O–H groups in total. The van der Waals surface area contributed by atoms with Gasteiger partial charge in [-0.1, -0.05) is 115 Å². The Morgan fingerprint density at radius 1 is 0.646 bits per heavy atom. The number of nitrogens with zero attached hydrogens (tertiary/aromatic N) is 1. The second-order valence-corrected chi connectivity index (χ2v) is 15.4. The Hall–Kier alpha value is -1.28. The minimum absolute atomic E-state index is 0.0841. The number of carbonyl (C=O) groups is 1. The number of rotatable bonds is 35. The maximum Gasteiger partial charge on any atom is 0.472 e. The standard InChI is InChI=1S/C39H74NO7P/c1-6-8-10-12-14-16-18-19-20-21-22-23-25-27-29-31-34-44-36-38(37-46-48(42,43)45-35-33-40(3,4)5)47-39(41)32-30-28-26-24-17-15-13-11-9-7-2/h11,13-14,16,19-20,38H,6-10,12,15,17-18,21-37H2,1-5H3/p+1/b13-11-,16-14-,20-19-. The molecule has 0 aromatic rings. The molecule has 8 nitrogen and oxygen atoms in total. The first-order chi connectivity index (χ1) is 23.1. The highest BCUT2D eigenvalue weighted by Gasteiger charge is 2.26.